The van der Waals surface area contributed by atoms with Gasteiger partial charge in [-0.15, -0.1) is 0 Å². The van der Waals surface area contributed by atoms with E-state index in [-0.39, 0.29) is 17.7 Å². The lowest BCUT2D eigenvalue weighted by Crippen LogP contribution is -2.50. The Labute approximate surface area is 168 Å². The van der Waals surface area contributed by atoms with Gasteiger partial charge in [0.1, 0.15) is 11.9 Å². The van der Waals surface area contributed by atoms with Crippen LogP contribution in [0.3, 0.4) is 0 Å². The van der Waals surface area contributed by atoms with Gasteiger partial charge in [-0.2, -0.15) is 0 Å². The second-order valence-corrected chi connectivity index (χ2v) is 7.38. The Hall–Kier alpha value is -2.86. The van der Waals surface area contributed by atoms with Crippen molar-refractivity contribution in [2.75, 3.05) is 6.54 Å². The monoisotopic (exact) mass is 398 g/mol. The predicted octanol–water partition coefficient (Wildman–Crippen LogP) is 3.33. The number of carbonyl (C=O) groups excluding carboxylic acids is 2. The van der Waals surface area contributed by atoms with E-state index in [0.29, 0.717) is 23.6 Å². The highest BCUT2D eigenvalue weighted by Gasteiger charge is 2.24. The molecule has 0 unspecified atom stereocenters. The zero-order valence-corrected chi connectivity index (χ0v) is 16.6. The number of amides is 2. The van der Waals surface area contributed by atoms with Crippen molar-refractivity contribution < 1.29 is 9.59 Å². The van der Waals surface area contributed by atoms with Gasteiger partial charge in [0.15, 0.2) is 0 Å². The molecule has 28 heavy (non-hydrogen) atoms. The lowest BCUT2D eigenvalue weighted by molar-refractivity contribution is -0.123. The number of H-pyrrole nitrogens is 1. The summed E-state index contributed by atoms with van der Waals surface area (Å²) in [6, 6.07) is 13.7. The third-order valence-electron chi connectivity index (χ3n) is 4.44. The fourth-order valence-corrected chi connectivity index (χ4v) is 3.02. The number of aromatic nitrogens is 2. The zero-order chi connectivity index (χ0) is 20.1. The average Bonchev–Trinajstić information content (AvgIpc) is 3.08. The quantitative estimate of drug-likeness (QED) is 0.570. The summed E-state index contributed by atoms with van der Waals surface area (Å²) in [5.74, 6) is 0.242. The minimum Gasteiger partial charge on any atom is -0.354 e. The molecule has 0 aliphatic heterocycles. The van der Waals surface area contributed by atoms with E-state index < -0.39 is 6.04 Å². The van der Waals surface area contributed by atoms with Crippen molar-refractivity contribution in [2.45, 2.75) is 26.3 Å². The maximum atomic E-state index is 12.6. The summed E-state index contributed by atoms with van der Waals surface area (Å²) < 4.78 is 0. The highest BCUT2D eigenvalue weighted by molar-refractivity contribution is 6.30. The molecule has 0 spiro atoms. The van der Waals surface area contributed by atoms with Gasteiger partial charge < -0.3 is 15.6 Å². The van der Waals surface area contributed by atoms with Crippen molar-refractivity contribution in [2.24, 2.45) is 5.92 Å². The molecule has 2 amide bonds. The number of para-hydroxylation sites is 2. The summed E-state index contributed by atoms with van der Waals surface area (Å²) in [7, 11) is 0. The summed E-state index contributed by atoms with van der Waals surface area (Å²) in [6.45, 7) is 4.22. The van der Waals surface area contributed by atoms with Crippen molar-refractivity contribution in [1.82, 2.24) is 20.6 Å². The fraction of sp³-hybridized carbons (Fsp3) is 0.286. The number of aromatic amines is 1. The van der Waals surface area contributed by atoms with E-state index >= 15 is 0 Å². The van der Waals surface area contributed by atoms with Gasteiger partial charge in [0.05, 0.1) is 11.0 Å². The van der Waals surface area contributed by atoms with Gasteiger partial charge in [0.2, 0.25) is 5.91 Å². The first-order valence-corrected chi connectivity index (χ1v) is 9.59. The Morgan fingerprint density at radius 3 is 2.50 bits per heavy atom. The SMILES string of the molecule is CC(C)[C@H](NC(=O)c1ccc(Cl)cc1)C(=O)NCCc1nc2ccccc2[nH]1. The van der Waals surface area contributed by atoms with Gasteiger partial charge >= 0.3 is 0 Å². The van der Waals surface area contributed by atoms with E-state index in [1.807, 2.05) is 38.1 Å². The van der Waals surface area contributed by atoms with E-state index in [1.165, 1.54) is 0 Å². The smallest absolute Gasteiger partial charge is 0.251 e. The van der Waals surface area contributed by atoms with Gasteiger partial charge in [-0.1, -0.05) is 37.6 Å². The molecule has 6 nitrogen and oxygen atoms in total. The summed E-state index contributed by atoms with van der Waals surface area (Å²) in [5.41, 5.74) is 2.34. The number of fused-ring (bicyclic) bond motifs is 1. The van der Waals surface area contributed by atoms with Crippen molar-refractivity contribution in [1.29, 1.82) is 0 Å². The highest BCUT2D eigenvalue weighted by Crippen LogP contribution is 2.12. The number of nitrogens with one attached hydrogen (secondary N) is 3. The molecule has 0 bridgehead atoms. The number of rotatable bonds is 7. The van der Waals surface area contributed by atoms with Crippen molar-refractivity contribution >= 4 is 34.4 Å². The molecule has 1 atom stereocenters. The molecule has 0 aliphatic carbocycles. The first-order valence-electron chi connectivity index (χ1n) is 9.22. The Balaban J connectivity index is 1.56. The molecule has 3 rings (SSSR count). The van der Waals surface area contributed by atoms with Crippen LogP contribution in [0, 0.1) is 5.92 Å². The number of imidazole rings is 1. The van der Waals surface area contributed by atoms with Gasteiger partial charge in [0.25, 0.3) is 5.91 Å². The molecular weight excluding hydrogens is 376 g/mol. The molecule has 3 N–H and O–H groups in total. The molecule has 0 fully saturated rings. The van der Waals surface area contributed by atoms with Crippen molar-refractivity contribution in [3.8, 4) is 0 Å². The number of carbonyl (C=O) groups is 2. The van der Waals surface area contributed by atoms with Crippen LogP contribution in [0.25, 0.3) is 11.0 Å². The number of hydrogen-bond acceptors (Lipinski definition) is 3. The molecule has 1 heterocycles. The summed E-state index contributed by atoms with van der Waals surface area (Å²) in [4.78, 5) is 32.7. The van der Waals surface area contributed by atoms with Crippen LogP contribution in [0.4, 0.5) is 0 Å². The summed E-state index contributed by atoms with van der Waals surface area (Å²) in [6.07, 6.45) is 0.580. The molecule has 7 heteroatoms. The van der Waals surface area contributed by atoms with Crippen LogP contribution < -0.4 is 10.6 Å². The Morgan fingerprint density at radius 1 is 1.11 bits per heavy atom. The minimum atomic E-state index is -0.626. The van der Waals surface area contributed by atoms with Crippen LogP contribution in [0.5, 0.6) is 0 Å². The van der Waals surface area contributed by atoms with Crippen LogP contribution >= 0.6 is 11.6 Å². The second-order valence-electron chi connectivity index (χ2n) is 6.94. The normalized spacial score (nSPS) is 12.1. The lowest BCUT2D eigenvalue weighted by atomic mass is 10.0. The molecule has 0 radical (unpaired) electrons. The number of nitrogens with zero attached hydrogens (tertiary/aromatic N) is 1. The molecule has 146 valence electrons. The minimum absolute atomic E-state index is 0.0533. The van der Waals surface area contributed by atoms with E-state index in [1.54, 1.807) is 24.3 Å². The topological polar surface area (TPSA) is 86.9 Å². The van der Waals surface area contributed by atoms with Gasteiger partial charge in [0, 0.05) is 23.6 Å². The van der Waals surface area contributed by atoms with Gasteiger partial charge in [-0.05, 0) is 42.3 Å². The van der Waals surface area contributed by atoms with E-state index in [4.69, 9.17) is 11.6 Å². The predicted molar refractivity (Wildman–Crippen MR) is 110 cm³/mol. The number of halogens is 1. The molecular formula is C21H23ClN4O2. The average molecular weight is 399 g/mol. The molecule has 0 saturated carbocycles. The number of benzene rings is 2. The lowest BCUT2D eigenvalue weighted by Gasteiger charge is -2.21. The van der Waals surface area contributed by atoms with Gasteiger partial charge in [-0.3, -0.25) is 9.59 Å². The largest absolute Gasteiger partial charge is 0.354 e. The first kappa shape index (κ1) is 19.9. The highest BCUT2D eigenvalue weighted by atomic mass is 35.5. The molecule has 3 aromatic rings. The van der Waals surface area contributed by atoms with Crippen LogP contribution in [0.15, 0.2) is 48.5 Å². The second kappa shape index (κ2) is 8.89. The summed E-state index contributed by atoms with van der Waals surface area (Å²) in [5, 5.41) is 6.25. The molecule has 0 saturated heterocycles. The Morgan fingerprint density at radius 2 is 1.82 bits per heavy atom. The molecule has 2 aromatic carbocycles. The third-order valence-corrected chi connectivity index (χ3v) is 4.69. The van der Waals surface area contributed by atoms with Crippen LogP contribution in [0.2, 0.25) is 5.02 Å². The van der Waals surface area contributed by atoms with Crippen LogP contribution in [0.1, 0.15) is 30.0 Å². The van der Waals surface area contributed by atoms with Crippen LogP contribution in [-0.4, -0.2) is 34.4 Å². The molecule has 0 aliphatic rings. The zero-order valence-electron chi connectivity index (χ0n) is 15.8. The van der Waals surface area contributed by atoms with Crippen molar-refractivity contribution in [3.05, 3.63) is 64.9 Å². The van der Waals surface area contributed by atoms with E-state index in [0.717, 1.165) is 16.9 Å². The van der Waals surface area contributed by atoms with Crippen LogP contribution in [-0.2, 0) is 11.2 Å². The summed E-state index contributed by atoms with van der Waals surface area (Å²) >= 11 is 5.85. The van der Waals surface area contributed by atoms with Crippen molar-refractivity contribution in [3.63, 3.8) is 0 Å². The standard InChI is InChI=1S/C21H23ClN4O2/c1-13(2)19(26-20(27)14-7-9-15(22)10-8-14)21(28)23-12-11-18-24-16-5-3-4-6-17(16)25-18/h3-10,13,19H,11-12H2,1-2H3,(H,23,28)(H,24,25)(H,26,27)/t19-/m0/s1. The third kappa shape index (κ3) is 4.89. The van der Waals surface area contributed by atoms with E-state index in [2.05, 4.69) is 20.6 Å². The van der Waals surface area contributed by atoms with E-state index in [9.17, 15) is 9.59 Å². The Bertz CT molecular complexity index is 933. The maximum absolute atomic E-state index is 12.6. The molecule has 1 aromatic heterocycles. The number of hydrogen-bond donors (Lipinski definition) is 3. The van der Waals surface area contributed by atoms with Gasteiger partial charge in [-0.25, -0.2) is 4.98 Å². The maximum Gasteiger partial charge on any atom is 0.251 e. The Kier molecular flexibility index (Phi) is 6.31. The fourth-order valence-electron chi connectivity index (χ4n) is 2.90. The first-order chi connectivity index (χ1) is 13.4.